The first-order valence-corrected chi connectivity index (χ1v) is 14.2. The minimum atomic E-state index is -0.288. The highest BCUT2D eigenvalue weighted by molar-refractivity contribution is 5.73. The van der Waals surface area contributed by atoms with Crippen LogP contribution in [0.3, 0.4) is 0 Å². The van der Waals surface area contributed by atoms with E-state index in [1.807, 2.05) is 12.1 Å². The van der Waals surface area contributed by atoms with Crippen molar-refractivity contribution in [2.75, 3.05) is 19.7 Å². The Morgan fingerprint density at radius 1 is 0.925 bits per heavy atom. The van der Waals surface area contributed by atoms with Gasteiger partial charge in [0.05, 0.1) is 6.61 Å². The van der Waals surface area contributed by atoms with Crippen molar-refractivity contribution in [2.45, 2.75) is 65.5 Å². The minimum Gasteiger partial charge on any atom is -0.493 e. The van der Waals surface area contributed by atoms with Gasteiger partial charge in [-0.05, 0) is 72.4 Å². The Hall–Kier alpha value is -3.84. The molecular weight excluding hydrogens is 502 g/mol. The van der Waals surface area contributed by atoms with Gasteiger partial charge in [-0.25, -0.2) is 0 Å². The first-order chi connectivity index (χ1) is 19.4. The number of nitrogens with one attached hydrogen (secondary N) is 2. The number of amides is 2. The predicted octanol–water partition coefficient (Wildman–Crippen LogP) is 4.99. The number of unbranched alkanes of at least 4 members (excludes halogenated alkanes) is 1. The molecule has 0 aliphatic heterocycles. The minimum absolute atomic E-state index is 0.0336. The van der Waals surface area contributed by atoms with Gasteiger partial charge in [0.25, 0.3) is 0 Å². The fraction of sp³-hybridized carbons (Fsp3) is 0.394. The van der Waals surface area contributed by atoms with Gasteiger partial charge < -0.3 is 25.8 Å². The lowest BCUT2D eigenvalue weighted by molar-refractivity contribution is -0.119. The van der Waals surface area contributed by atoms with Gasteiger partial charge in [-0.1, -0.05) is 48.5 Å². The summed E-state index contributed by atoms with van der Waals surface area (Å²) in [4.78, 5) is 22.3. The highest BCUT2D eigenvalue weighted by Crippen LogP contribution is 2.40. The molecule has 7 nitrogen and oxygen atoms in total. The van der Waals surface area contributed by atoms with Gasteiger partial charge in [-0.2, -0.15) is 0 Å². The van der Waals surface area contributed by atoms with Crippen LogP contribution in [0, 0.1) is 6.92 Å². The van der Waals surface area contributed by atoms with E-state index in [9.17, 15) is 9.59 Å². The Bertz CT molecular complexity index is 1310. The second kappa shape index (κ2) is 14.5. The van der Waals surface area contributed by atoms with E-state index < -0.39 is 0 Å². The monoisotopic (exact) mass is 543 g/mol. The summed E-state index contributed by atoms with van der Waals surface area (Å²) in [6.45, 7) is 6.55. The van der Waals surface area contributed by atoms with Crippen LogP contribution in [0.25, 0.3) is 11.1 Å². The molecule has 0 radical (unpaired) electrons. The zero-order valence-electron chi connectivity index (χ0n) is 23.7. The molecule has 4 rings (SSSR count). The zero-order valence-corrected chi connectivity index (χ0v) is 23.7. The van der Waals surface area contributed by atoms with E-state index in [4.69, 9.17) is 15.2 Å². The number of carbonyl (C=O) groups is 2. The van der Waals surface area contributed by atoms with E-state index >= 15 is 0 Å². The van der Waals surface area contributed by atoms with Crippen molar-refractivity contribution in [2.24, 2.45) is 5.73 Å². The Labute approximate surface area is 237 Å². The Morgan fingerprint density at radius 3 is 2.50 bits per heavy atom. The second-order valence-corrected chi connectivity index (χ2v) is 10.3. The standard InChI is InChI=1S/C33H41N3O4/c1-23-26(12-8-13-27(23)25-10-4-3-5-11-25)22-40-31-20-32(39-19-7-6-16-33(34)38)30(28-14-9-15-29(28)31)21-35-17-18-36-24(2)37/h3-5,8,10-13,20,35H,6-7,9,14-19,21-22H2,1-2H3,(H2,34,38)(H,36,37). The molecule has 0 aromatic heterocycles. The summed E-state index contributed by atoms with van der Waals surface area (Å²) in [5.74, 6) is 1.38. The van der Waals surface area contributed by atoms with Crippen LogP contribution in [-0.4, -0.2) is 31.5 Å². The van der Waals surface area contributed by atoms with Gasteiger partial charge in [0, 0.05) is 44.6 Å². The number of rotatable bonds is 15. The van der Waals surface area contributed by atoms with Gasteiger partial charge in [-0.3, -0.25) is 9.59 Å². The number of carbonyl (C=O) groups excluding carboxylic acids is 2. The third-order valence-corrected chi connectivity index (χ3v) is 7.41. The maximum Gasteiger partial charge on any atom is 0.217 e. The summed E-state index contributed by atoms with van der Waals surface area (Å²) in [6, 6.07) is 18.8. The number of hydrogen-bond donors (Lipinski definition) is 3. The van der Waals surface area contributed by atoms with Crippen molar-refractivity contribution >= 4 is 11.8 Å². The van der Waals surface area contributed by atoms with Crippen molar-refractivity contribution in [3.8, 4) is 22.6 Å². The first kappa shape index (κ1) is 29.2. The largest absolute Gasteiger partial charge is 0.493 e. The van der Waals surface area contributed by atoms with Crippen LogP contribution < -0.4 is 25.8 Å². The van der Waals surface area contributed by atoms with Gasteiger partial charge in [0.1, 0.15) is 18.1 Å². The summed E-state index contributed by atoms with van der Waals surface area (Å²) in [7, 11) is 0. The third-order valence-electron chi connectivity index (χ3n) is 7.41. The van der Waals surface area contributed by atoms with Crippen LogP contribution in [-0.2, 0) is 35.6 Å². The molecule has 0 fully saturated rings. The lowest BCUT2D eigenvalue weighted by Gasteiger charge is -2.20. The van der Waals surface area contributed by atoms with Crippen molar-refractivity contribution in [1.82, 2.24) is 10.6 Å². The zero-order chi connectivity index (χ0) is 28.3. The second-order valence-electron chi connectivity index (χ2n) is 10.3. The summed E-state index contributed by atoms with van der Waals surface area (Å²) < 4.78 is 12.8. The maximum absolute atomic E-state index is 11.2. The van der Waals surface area contributed by atoms with Crippen LogP contribution in [0.4, 0.5) is 0 Å². The number of nitrogens with two attached hydrogens (primary N) is 1. The van der Waals surface area contributed by atoms with Crippen LogP contribution in [0.5, 0.6) is 11.5 Å². The van der Waals surface area contributed by atoms with E-state index in [0.717, 1.165) is 48.3 Å². The molecule has 0 unspecified atom stereocenters. The summed E-state index contributed by atoms with van der Waals surface area (Å²) in [6.07, 6.45) is 4.85. The molecular formula is C33H41N3O4. The Balaban J connectivity index is 1.53. The average molecular weight is 544 g/mol. The van der Waals surface area contributed by atoms with E-state index in [1.54, 1.807) is 0 Å². The molecule has 4 N–H and O–H groups in total. The molecule has 0 spiro atoms. The topological polar surface area (TPSA) is 103 Å². The van der Waals surface area contributed by atoms with Crippen LogP contribution in [0.2, 0.25) is 0 Å². The van der Waals surface area contributed by atoms with Gasteiger partial charge >= 0.3 is 0 Å². The summed E-state index contributed by atoms with van der Waals surface area (Å²) in [5, 5.41) is 6.28. The fourth-order valence-corrected chi connectivity index (χ4v) is 5.29. The van der Waals surface area contributed by atoms with E-state index in [-0.39, 0.29) is 11.8 Å². The average Bonchev–Trinajstić information content (AvgIpc) is 3.43. The van der Waals surface area contributed by atoms with E-state index in [1.165, 1.54) is 34.7 Å². The number of primary amides is 1. The molecule has 0 heterocycles. The summed E-state index contributed by atoms with van der Waals surface area (Å²) >= 11 is 0. The molecule has 0 saturated heterocycles. The molecule has 2 amide bonds. The molecule has 1 aliphatic rings. The van der Waals surface area contributed by atoms with Gasteiger partial charge in [0.15, 0.2) is 0 Å². The normalized spacial score (nSPS) is 12.2. The van der Waals surface area contributed by atoms with E-state index in [2.05, 4.69) is 60.0 Å². The smallest absolute Gasteiger partial charge is 0.217 e. The lowest BCUT2D eigenvalue weighted by Crippen LogP contribution is -2.30. The van der Waals surface area contributed by atoms with E-state index in [0.29, 0.717) is 45.7 Å². The number of benzene rings is 3. The molecule has 3 aromatic rings. The van der Waals surface area contributed by atoms with Crippen LogP contribution in [0.15, 0.2) is 54.6 Å². The Kier molecular flexibility index (Phi) is 10.6. The van der Waals surface area contributed by atoms with Gasteiger partial charge in [-0.15, -0.1) is 0 Å². The fourth-order valence-electron chi connectivity index (χ4n) is 5.29. The molecule has 7 heteroatoms. The highest BCUT2D eigenvalue weighted by Gasteiger charge is 2.24. The van der Waals surface area contributed by atoms with Crippen molar-refractivity contribution in [3.05, 3.63) is 82.4 Å². The SMILES string of the molecule is CC(=O)NCCNCc1c(OCCCCC(N)=O)cc(OCc2cccc(-c3ccccc3)c2C)c2c1CCC2. The molecule has 0 atom stereocenters. The lowest BCUT2D eigenvalue weighted by atomic mass is 9.97. The molecule has 40 heavy (non-hydrogen) atoms. The van der Waals surface area contributed by atoms with Gasteiger partial charge in [0.2, 0.25) is 11.8 Å². The molecule has 0 bridgehead atoms. The molecule has 212 valence electrons. The molecule has 0 saturated carbocycles. The quantitative estimate of drug-likeness (QED) is 0.234. The van der Waals surface area contributed by atoms with Crippen LogP contribution >= 0.6 is 0 Å². The predicted molar refractivity (Wildman–Crippen MR) is 158 cm³/mol. The number of ether oxygens (including phenoxy) is 2. The number of fused-ring (bicyclic) bond motifs is 1. The Morgan fingerprint density at radius 2 is 1.73 bits per heavy atom. The highest BCUT2D eigenvalue weighted by atomic mass is 16.5. The first-order valence-electron chi connectivity index (χ1n) is 14.2. The van der Waals surface area contributed by atoms with Crippen molar-refractivity contribution in [1.29, 1.82) is 0 Å². The van der Waals surface area contributed by atoms with Crippen molar-refractivity contribution < 1.29 is 19.1 Å². The maximum atomic E-state index is 11.2. The number of hydrogen-bond acceptors (Lipinski definition) is 5. The van der Waals surface area contributed by atoms with Crippen molar-refractivity contribution in [3.63, 3.8) is 0 Å². The molecule has 1 aliphatic carbocycles. The third kappa shape index (κ3) is 7.85. The molecule has 3 aromatic carbocycles. The summed E-state index contributed by atoms with van der Waals surface area (Å²) in [5.41, 5.74) is 13.8. The van der Waals surface area contributed by atoms with Crippen LogP contribution in [0.1, 0.15) is 60.4 Å².